The fraction of sp³-hybridized carbons (Fsp3) is 0.333. The number of carbonyl (C=O) groups is 1. The highest BCUT2D eigenvalue weighted by atomic mass is 32.1. The van der Waals surface area contributed by atoms with E-state index in [-0.39, 0.29) is 5.91 Å². The molecule has 3 N–H and O–H groups in total. The lowest BCUT2D eigenvalue weighted by Crippen LogP contribution is -2.27. The van der Waals surface area contributed by atoms with Crippen molar-refractivity contribution >= 4 is 23.1 Å². The van der Waals surface area contributed by atoms with E-state index in [1.165, 1.54) is 5.56 Å². The van der Waals surface area contributed by atoms with Crippen LogP contribution in [-0.4, -0.2) is 17.4 Å². The van der Waals surface area contributed by atoms with Crippen LogP contribution >= 0.6 is 12.2 Å². The highest BCUT2D eigenvalue weighted by Gasteiger charge is 2.04. The molecule has 1 aromatic carbocycles. The fourth-order valence-corrected chi connectivity index (χ4v) is 1.40. The van der Waals surface area contributed by atoms with Crippen molar-refractivity contribution in [2.75, 3.05) is 6.54 Å². The number of aryl methyl sites for hydroxylation is 1. The molecule has 0 aliphatic heterocycles. The standard InChI is InChI=1S/C12H16N2OS/c1-2-9-3-5-10(6-4-9)12(15)14-8-7-11(13)16/h3-6H,2,7-8H2,1H3,(H2,13,16)(H,14,15). The van der Waals surface area contributed by atoms with Crippen LogP contribution in [0.3, 0.4) is 0 Å². The zero-order valence-corrected chi connectivity index (χ0v) is 10.1. The lowest BCUT2D eigenvalue weighted by Gasteiger charge is -2.05. The summed E-state index contributed by atoms with van der Waals surface area (Å²) in [5, 5.41) is 2.76. The Balaban J connectivity index is 2.49. The molecule has 0 spiro atoms. The van der Waals surface area contributed by atoms with Gasteiger partial charge in [0, 0.05) is 18.5 Å². The molecule has 0 bridgehead atoms. The maximum absolute atomic E-state index is 11.6. The van der Waals surface area contributed by atoms with Gasteiger partial charge in [0.2, 0.25) is 0 Å². The lowest BCUT2D eigenvalue weighted by atomic mass is 10.1. The van der Waals surface area contributed by atoms with Gasteiger partial charge in [-0.25, -0.2) is 0 Å². The second-order valence-electron chi connectivity index (χ2n) is 3.52. The van der Waals surface area contributed by atoms with Crippen molar-refractivity contribution in [1.29, 1.82) is 0 Å². The molecular weight excluding hydrogens is 220 g/mol. The molecule has 0 unspecified atom stereocenters. The van der Waals surface area contributed by atoms with Gasteiger partial charge in [-0.3, -0.25) is 4.79 Å². The molecule has 0 radical (unpaired) electrons. The Hall–Kier alpha value is -1.42. The van der Waals surface area contributed by atoms with Crippen molar-refractivity contribution in [1.82, 2.24) is 5.32 Å². The van der Waals surface area contributed by atoms with Gasteiger partial charge in [0.05, 0.1) is 4.99 Å². The first-order chi connectivity index (χ1) is 7.63. The average Bonchev–Trinajstić information content (AvgIpc) is 2.28. The summed E-state index contributed by atoms with van der Waals surface area (Å²) < 4.78 is 0. The number of hydrogen-bond donors (Lipinski definition) is 2. The number of rotatable bonds is 5. The fourth-order valence-electron chi connectivity index (χ4n) is 1.29. The topological polar surface area (TPSA) is 55.1 Å². The zero-order valence-electron chi connectivity index (χ0n) is 9.32. The summed E-state index contributed by atoms with van der Waals surface area (Å²) in [5.41, 5.74) is 7.22. The van der Waals surface area contributed by atoms with Crippen LogP contribution in [0.1, 0.15) is 29.3 Å². The van der Waals surface area contributed by atoms with Gasteiger partial charge in [0.25, 0.3) is 5.91 Å². The number of amides is 1. The Morgan fingerprint density at radius 1 is 1.38 bits per heavy atom. The van der Waals surface area contributed by atoms with E-state index in [0.29, 0.717) is 23.5 Å². The van der Waals surface area contributed by atoms with Crippen LogP contribution in [0.2, 0.25) is 0 Å². The van der Waals surface area contributed by atoms with Crippen LogP contribution in [0.25, 0.3) is 0 Å². The van der Waals surface area contributed by atoms with Crippen LogP contribution in [0.5, 0.6) is 0 Å². The number of carbonyl (C=O) groups excluding carboxylic acids is 1. The minimum Gasteiger partial charge on any atom is -0.393 e. The summed E-state index contributed by atoms with van der Waals surface area (Å²) in [6.45, 7) is 2.57. The van der Waals surface area contributed by atoms with E-state index in [2.05, 4.69) is 12.2 Å². The number of thiocarbonyl (C=S) groups is 1. The Kier molecular flexibility index (Phi) is 4.92. The normalized spacial score (nSPS) is 9.81. The molecule has 1 aromatic rings. The molecular formula is C12H16N2OS. The van der Waals surface area contributed by atoms with E-state index in [0.717, 1.165) is 6.42 Å². The first-order valence-corrected chi connectivity index (χ1v) is 5.69. The predicted octanol–water partition coefficient (Wildman–Crippen LogP) is 1.66. The van der Waals surface area contributed by atoms with E-state index in [4.69, 9.17) is 18.0 Å². The van der Waals surface area contributed by atoms with Crippen LogP contribution in [0.15, 0.2) is 24.3 Å². The summed E-state index contributed by atoms with van der Waals surface area (Å²) >= 11 is 4.72. The molecule has 1 amide bonds. The van der Waals surface area contributed by atoms with Gasteiger partial charge < -0.3 is 11.1 Å². The number of nitrogens with two attached hydrogens (primary N) is 1. The smallest absolute Gasteiger partial charge is 0.251 e. The molecule has 0 aromatic heterocycles. The summed E-state index contributed by atoms with van der Waals surface area (Å²) in [6, 6.07) is 7.58. The molecule has 0 fully saturated rings. The third-order valence-electron chi connectivity index (χ3n) is 2.28. The summed E-state index contributed by atoms with van der Waals surface area (Å²) in [4.78, 5) is 12.0. The molecule has 3 nitrogen and oxygen atoms in total. The van der Waals surface area contributed by atoms with Gasteiger partial charge >= 0.3 is 0 Å². The average molecular weight is 236 g/mol. The molecule has 0 atom stereocenters. The monoisotopic (exact) mass is 236 g/mol. The summed E-state index contributed by atoms with van der Waals surface area (Å²) in [6.07, 6.45) is 1.51. The van der Waals surface area contributed by atoms with Crippen LogP contribution in [-0.2, 0) is 6.42 Å². The lowest BCUT2D eigenvalue weighted by molar-refractivity contribution is 0.0955. The van der Waals surface area contributed by atoms with Gasteiger partial charge in [-0.15, -0.1) is 0 Å². The third kappa shape index (κ3) is 3.98. The van der Waals surface area contributed by atoms with Gasteiger partial charge in [-0.2, -0.15) is 0 Å². The molecule has 16 heavy (non-hydrogen) atoms. The first-order valence-electron chi connectivity index (χ1n) is 5.29. The predicted molar refractivity (Wildman–Crippen MR) is 69.6 cm³/mol. The molecule has 0 aliphatic rings. The van der Waals surface area contributed by atoms with E-state index in [9.17, 15) is 4.79 Å². The Labute approximate surface area is 101 Å². The number of nitrogens with one attached hydrogen (secondary N) is 1. The van der Waals surface area contributed by atoms with Gasteiger partial charge in [0.1, 0.15) is 0 Å². The molecule has 0 heterocycles. The summed E-state index contributed by atoms with van der Waals surface area (Å²) in [7, 11) is 0. The summed E-state index contributed by atoms with van der Waals surface area (Å²) in [5.74, 6) is -0.0843. The van der Waals surface area contributed by atoms with Crippen molar-refractivity contribution in [3.63, 3.8) is 0 Å². The van der Waals surface area contributed by atoms with Crippen molar-refractivity contribution in [2.45, 2.75) is 19.8 Å². The SMILES string of the molecule is CCc1ccc(C(=O)NCCC(N)=S)cc1. The Bertz CT molecular complexity index is 373. The molecule has 1 rings (SSSR count). The van der Waals surface area contributed by atoms with Crippen molar-refractivity contribution in [2.24, 2.45) is 5.73 Å². The van der Waals surface area contributed by atoms with Crippen molar-refractivity contribution < 1.29 is 4.79 Å². The Morgan fingerprint density at radius 2 is 2.00 bits per heavy atom. The number of benzene rings is 1. The van der Waals surface area contributed by atoms with Gasteiger partial charge in [-0.05, 0) is 24.1 Å². The maximum Gasteiger partial charge on any atom is 0.251 e. The number of hydrogen-bond acceptors (Lipinski definition) is 2. The second-order valence-corrected chi connectivity index (χ2v) is 4.05. The third-order valence-corrected chi connectivity index (χ3v) is 2.49. The largest absolute Gasteiger partial charge is 0.393 e. The Morgan fingerprint density at radius 3 is 2.50 bits per heavy atom. The van der Waals surface area contributed by atoms with E-state index in [1.807, 2.05) is 24.3 Å². The van der Waals surface area contributed by atoms with E-state index < -0.39 is 0 Å². The quantitative estimate of drug-likeness (QED) is 0.764. The molecule has 4 heteroatoms. The zero-order chi connectivity index (χ0) is 12.0. The van der Waals surface area contributed by atoms with E-state index >= 15 is 0 Å². The minimum atomic E-state index is -0.0843. The molecule has 0 saturated heterocycles. The molecule has 0 aliphatic carbocycles. The van der Waals surface area contributed by atoms with Crippen LogP contribution < -0.4 is 11.1 Å². The van der Waals surface area contributed by atoms with Crippen LogP contribution in [0.4, 0.5) is 0 Å². The second kappa shape index (κ2) is 6.23. The van der Waals surface area contributed by atoms with Gasteiger partial charge in [0.15, 0.2) is 0 Å². The maximum atomic E-state index is 11.6. The molecule has 0 saturated carbocycles. The molecule has 86 valence electrons. The first kappa shape index (κ1) is 12.6. The van der Waals surface area contributed by atoms with Gasteiger partial charge in [-0.1, -0.05) is 31.3 Å². The minimum absolute atomic E-state index is 0.0843. The van der Waals surface area contributed by atoms with Crippen LogP contribution in [0, 0.1) is 0 Å². The van der Waals surface area contributed by atoms with Crippen molar-refractivity contribution in [3.05, 3.63) is 35.4 Å². The van der Waals surface area contributed by atoms with Crippen molar-refractivity contribution in [3.8, 4) is 0 Å². The highest BCUT2D eigenvalue weighted by Crippen LogP contribution is 2.04. The van der Waals surface area contributed by atoms with E-state index in [1.54, 1.807) is 0 Å². The highest BCUT2D eigenvalue weighted by molar-refractivity contribution is 7.80.